The lowest BCUT2D eigenvalue weighted by atomic mass is 10.1. The molecule has 1 aliphatic rings. The van der Waals surface area contributed by atoms with Crippen LogP contribution in [0.1, 0.15) is 30.6 Å². The number of sulfonamides is 1. The maximum absolute atomic E-state index is 12.8. The van der Waals surface area contributed by atoms with Crippen molar-refractivity contribution in [2.45, 2.75) is 25.2 Å². The number of aliphatic imine (C=N–C) groups is 1. The average Bonchev–Trinajstić information content (AvgIpc) is 2.61. The van der Waals surface area contributed by atoms with E-state index in [1.165, 1.54) is 22.5 Å². The van der Waals surface area contributed by atoms with Crippen molar-refractivity contribution in [2.75, 3.05) is 26.2 Å². The van der Waals surface area contributed by atoms with Gasteiger partial charge >= 0.3 is 0 Å². The second kappa shape index (κ2) is 7.95. The molecular weight excluding hydrogens is 364 g/mol. The molecule has 1 aromatic rings. The standard InChI is InChI=1S/C16H19ClN4O3S/c1-3-16(22)14-10-13(4-5-15(14)17)25(23,24)21-8-6-20(7-9-21)12(2)19-11-18/h4-5,10H,3,6-9H2,1-2H3. The van der Waals surface area contributed by atoms with Crippen LogP contribution in [0, 0.1) is 11.5 Å². The minimum Gasteiger partial charge on any atom is -0.357 e. The summed E-state index contributed by atoms with van der Waals surface area (Å²) in [6, 6.07) is 4.20. The Bertz CT molecular complexity index is 837. The van der Waals surface area contributed by atoms with Gasteiger partial charge in [0.05, 0.1) is 9.92 Å². The van der Waals surface area contributed by atoms with E-state index in [9.17, 15) is 13.2 Å². The Morgan fingerprint density at radius 1 is 1.32 bits per heavy atom. The number of carbonyl (C=O) groups excluding carboxylic acids is 1. The molecule has 0 radical (unpaired) electrons. The molecule has 2 rings (SSSR count). The average molecular weight is 383 g/mol. The highest BCUT2D eigenvalue weighted by Gasteiger charge is 2.29. The van der Waals surface area contributed by atoms with E-state index in [2.05, 4.69) is 4.99 Å². The molecule has 25 heavy (non-hydrogen) atoms. The summed E-state index contributed by atoms with van der Waals surface area (Å²) in [4.78, 5) is 17.5. The van der Waals surface area contributed by atoms with Gasteiger partial charge in [-0.1, -0.05) is 18.5 Å². The minimum absolute atomic E-state index is 0.0598. The van der Waals surface area contributed by atoms with Crippen molar-refractivity contribution >= 4 is 33.2 Å². The maximum atomic E-state index is 12.8. The van der Waals surface area contributed by atoms with E-state index < -0.39 is 10.0 Å². The molecular formula is C16H19ClN4O3S. The van der Waals surface area contributed by atoms with E-state index in [0.717, 1.165) is 0 Å². The molecule has 0 saturated carbocycles. The molecule has 0 aliphatic carbocycles. The van der Waals surface area contributed by atoms with E-state index in [0.29, 0.717) is 18.9 Å². The molecule has 9 heteroatoms. The minimum atomic E-state index is -3.71. The molecule has 1 saturated heterocycles. The van der Waals surface area contributed by atoms with Crippen molar-refractivity contribution in [1.29, 1.82) is 5.26 Å². The zero-order valence-electron chi connectivity index (χ0n) is 14.1. The zero-order chi connectivity index (χ0) is 18.6. The van der Waals surface area contributed by atoms with Crippen LogP contribution in [0.15, 0.2) is 28.1 Å². The third kappa shape index (κ3) is 4.18. The smallest absolute Gasteiger partial charge is 0.243 e. The number of carbonyl (C=O) groups is 1. The highest BCUT2D eigenvalue weighted by molar-refractivity contribution is 7.89. The van der Waals surface area contributed by atoms with Crippen molar-refractivity contribution in [2.24, 2.45) is 4.99 Å². The maximum Gasteiger partial charge on any atom is 0.243 e. The number of nitriles is 1. The number of ketones is 1. The Labute approximate surface area is 152 Å². The first-order chi connectivity index (χ1) is 11.8. The molecule has 0 bridgehead atoms. The largest absolute Gasteiger partial charge is 0.357 e. The Morgan fingerprint density at radius 2 is 1.96 bits per heavy atom. The highest BCUT2D eigenvalue weighted by atomic mass is 35.5. The predicted molar refractivity (Wildman–Crippen MR) is 95.1 cm³/mol. The lowest BCUT2D eigenvalue weighted by Gasteiger charge is -2.34. The first-order valence-electron chi connectivity index (χ1n) is 7.82. The highest BCUT2D eigenvalue weighted by Crippen LogP contribution is 2.24. The summed E-state index contributed by atoms with van der Waals surface area (Å²) in [5, 5.41) is 8.85. The van der Waals surface area contributed by atoms with Crippen LogP contribution in [-0.2, 0) is 10.0 Å². The fourth-order valence-electron chi connectivity index (χ4n) is 2.61. The Balaban J connectivity index is 2.22. The number of Topliss-reactive ketones (excluding diaryl/α,β-unsaturated/α-hetero) is 1. The fraction of sp³-hybridized carbons (Fsp3) is 0.438. The Morgan fingerprint density at radius 3 is 2.52 bits per heavy atom. The lowest BCUT2D eigenvalue weighted by molar-refractivity contribution is 0.0988. The second-order valence-corrected chi connectivity index (χ2v) is 7.91. The van der Waals surface area contributed by atoms with Crippen molar-refractivity contribution in [3.63, 3.8) is 0 Å². The molecule has 0 N–H and O–H groups in total. The molecule has 7 nitrogen and oxygen atoms in total. The van der Waals surface area contributed by atoms with Crippen molar-refractivity contribution < 1.29 is 13.2 Å². The molecule has 0 spiro atoms. The topological polar surface area (TPSA) is 93.8 Å². The van der Waals surface area contributed by atoms with E-state index in [4.69, 9.17) is 16.9 Å². The van der Waals surface area contributed by atoms with E-state index in [1.54, 1.807) is 20.0 Å². The molecule has 0 unspecified atom stereocenters. The number of hydrogen-bond donors (Lipinski definition) is 0. The second-order valence-electron chi connectivity index (χ2n) is 5.57. The van der Waals surface area contributed by atoms with Gasteiger partial charge in [0.1, 0.15) is 5.84 Å². The van der Waals surface area contributed by atoms with E-state index in [-0.39, 0.29) is 40.8 Å². The molecule has 0 amide bonds. The van der Waals surface area contributed by atoms with Crippen molar-refractivity contribution in [3.05, 3.63) is 28.8 Å². The van der Waals surface area contributed by atoms with Gasteiger partial charge in [0.2, 0.25) is 16.2 Å². The number of hydrogen-bond acceptors (Lipinski definition) is 5. The van der Waals surface area contributed by atoms with Gasteiger partial charge in [-0.2, -0.15) is 14.6 Å². The van der Waals surface area contributed by atoms with Gasteiger partial charge in [-0.25, -0.2) is 8.42 Å². The van der Waals surface area contributed by atoms with Gasteiger partial charge in [-0.3, -0.25) is 4.79 Å². The van der Waals surface area contributed by atoms with E-state index in [1.807, 2.05) is 4.90 Å². The molecule has 134 valence electrons. The predicted octanol–water partition coefficient (Wildman–Crippen LogP) is 2.14. The molecule has 1 aliphatic heterocycles. The van der Waals surface area contributed by atoms with Crippen LogP contribution < -0.4 is 0 Å². The van der Waals surface area contributed by atoms with Crippen LogP contribution in [0.5, 0.6) is 0 Å². The van der Waals surface area contributed by atoms with Crippen LogP contribution >= 0.6 is 11.6 Å². The molecule has 0 aromatic heterocycles. The molecule has 0 atom stereocenters. The van der Waals surface area contributed by atoms with Gasteiger partial charge in [0.25, 0.3) is 0 Å². The van der Waals surface area contributed by atoms with Crippen LogP contribution in [0.2, 0.25) is 5.02 Å². The zero-order valence-corrected chi connectivity index (χ0v) is 15.6. The Hall–Kier alpha value is -1.95. The van der Waals surface area contributed by atoms with Crippen LogP contribution in [0.25, 0.3) is 0 Å². The first-order valence-corrected chi connectivity index (χ1v) is 9.64. The monoisotopic (exact) mass is 382 g/mol. The van der Waals surface area contributed by atoms with Crippen LogP contribution in [0.4, 0.5) is 0 Å². The fourth-order valence-corrected chi connectivity index (χ4v) is 4.29. The Kier molecular flexibility index (Phi) is 6.16. The summed E-state index contributed by atoms with van der Waals surface area (Å²) in [5.74, 6) is 0.372. The summed E-state index contributed by atoms with van der Waals surface area (Å²) in [6.45, 7) is 4.87. The summed E-state index contributed by atoms with van der Waals surface area (Å²) in [7, 11) is -3.71. The molecule has 1 heterocycles. The SMILES string of the molecule is CCC(=O)c1cc(S(=O)(=O)N2CCN(C(C)=NC#N)CC2)ccc1Cl. The summed E-state index contributed by atoms with van der Waals surface area (Å²) in [5.41, 5.74) is 0.223. The van der Waals surface area contributed by atoms with Crippen molar-refractivity contribution in [3.8, 4) is 6.19 Å². The van der Waals surface area contributed by atoms with Gasteiger partial charge < -0.3 is 4.90 Å². The number of rotatable bonds is 4. The summed E-state index contributed by atoms with van der Waals surface area (Å²) >= 11 is 6.01. The number of piperazine rings is 1. The number of amidine groups is 1. The van der Waals surface area contributed by atoms with Gasteiger partial charge in [-0.15, -0.1) is 0 Å². The third-order valence-corrected chi connectivity index (χ3v) is 6.33. The number of nitrogens with zero attached hydrogens (tertiary/aromatic N) is 4. The van der Waals surface area contributed by atoms with Gasteiger partial charge in [0, 0.05) is 38.2 Å². The number of halogens is 1. The quantitative estimate of drug-likeness (QED) is 0.344. The van der Waals surface area contributed by atoms with Crippen LogP contribution in [-0.4, -0.2) is 55.4 Å². The molecule has 1 fully saturated rings. The third-order valence-electron chi connectivity index (χ3n) is 4.11. The van der Waals surface area contributed by atoms with Gasteiger partial charge in [-0.05, 0) is 25.1 Å². The van der Waals surface area contributed by atoms with Crippen LogP contribution in [0.3, 0.4) is 0 Å². The van der Waals surface area contributed by atoms with E-state index >= 15 is 0 Å². The van der Waals surface area contributed by atoms with Gasteiger partial charge in [0.15, 0.2) is 5.78 Å². The molecule has 1 aromatic carbocycles. The summed E-state index contributed by atoms with van der Waals surface area (Å²) < 4.78 is 27.0. The normalized spacial score (nSPS) is 16.6. The summed E-state index contributed by atoms with van der Waals surface area (Å²) in [6.07, 6.45) is 1.98. The van der Waals surface area contributed by atoms with Crippen molar-refractivity contribution in [1.82, 2.24) is 9.21 Å². The first kappa shape index (κ1) is 19.4. The lowest BCUT2D eigenvalue weighted by Crippen LogP contribution is -2.50. The number of benzene rings is 1.